The van der Waals surface area contributed by atoms with Crippen molar-refractivity contribution in [1.82, 2.24) is 9.97 Å². The monoisotopic (exact) mass is 453 g/mol. The number of carbonyl (C=O) groups excluding carboxylic acids is 2. The molecule has 0 aliphatic carbocycles. The number of hydrogen-bond acceptors (Lipinski definition) is 6. The molecule has 8 heteroatoms. The summed E-state index contributed by atoms with van der Waals surface area (Å²) >= 11 is 1.87. The number of hydrogen-bond donors (Lipinski definition) is 1. The molecule has 0 aliphatic heterocycles. The van der Waals surface area contributed by atoms with Crippen molar-refractivity contribution in [3.8, 4) is 0 Å². The van der Waals surface area contributed by atoms with Crippen molar-refractivity contribution in [1.29, 1.82) is 0 Å². The fourth-order valence-electron chi connectivity index (χ4n) is 0.953. The van der Waals surface area contributed by atoms with Crippen LogP contribution in [-0.4, -0.2) is 33.4 Å². The van der Waals surface area contributed by atoms with Gasteiger partial charge in [-0.1, -0.05) is 13.8 Å². The molecule has 0 spiro atoms. The molecular formula is C10H14N2O4PtS. The van der Waals surface area contributed by atoms with Gasteiger partial charge in [0.25, 0.3) is 0 Å². The molecule has 104 valence electrons. The first-order chi connectivity index (χ1) is 7.90. The summed E-state index contributed by atoms with van der Waals surface area (Å²) in [6, 6.07) is 0. The van der Waals surface area contributed by atoms with Gasteiger partial charge < -0.3 is 24.8 Å². The number of aliphatic carboxylic acids is 2. The normalized spacial score (nSPS) is 12.4. The van der Waals surface area contributed by atoms with Gasteiger partial charge in [0.1, 0.15) is 5.82 Å². The molecule has 0 bridgehead atoms. The van der Waals surface area contributed by atoms with Crippen LogP contribution in [0, 0.1) is 0 Å². The second kappa shape index (κ2) is 10.1. The molecule has 0 aliphatic rings. The van der Waals surface area contributed by atoms with Crippen LogP contribution < -0.4 is 10.2 Å². The van der Waals surface area contributed by atoms with Gasteiger partial charge >= 0.3 is 21.1 Å². The van der Waals surface area contributed by atoms with E-state index in [0.29, 0.717) is 11.2 Å². The molecule has 18 heavy (non-hydrogen) atoms. The summed E-state index contributed by atoms with van der Waals surface area (Å²) in [6.07, 6.45) is 5.81. The Hall–Kier alpha value is -0.812. The molecule has 0 amide bonds. The van der Waals surface area contributed by atoms with E-state index in [-0.39, 0.29) is 21.1 Å². The third-order valence-corrected chi connectivity index (χ3v) is 3.35. The summed E-state index contributed by atoms with van der Waals surface area (Å²) in [5.41, 5.74) is 0. The molecular weight excluding hydrogens is 439 g/mol. The minimum Gasteiger partial charge on any atom is -0.543 e. The molecule has 2 unspecified atom stereocenters. The van der Waals surface area contributed by atoms with Gasteiger partial charge in [-0.25, -0.2) is 4.98 Å². The first-order valence-corrected chi connectivity index (χ1v) is 6.13. The molecule has 2 atom stereocenters. The van der Waals surface area contributed by atoms with Crippen LogP contribution >= 0.6 is 11.8 Å². The predicted octanol–water partition coefficient (Wildman–Crippen LogP) is -1.25. The molecule has 1 rings (SSSR count). The van der Waals surface area contributed by atoms with Gasteiger partial charge in [-0.05, 0) is 6.26 Å². The van der Waals surface area contributed by atoms with Gasteiger partial charge in [-0.3, -0.25) is 0 Å². The van der Waals surface area contributed by atoms with Crippen LogP contribution in [0.5, 0.6) is 0 Å². The number of thioether (sulfide) groups is 1. The molecule has 0 saturated heterocycles. The van der Waals surface area contributed by atoms with Crippen molar-refractivity contribution < 1.29 is 40.9 Å². The number of rotatable bonds is 3. The van der Waals surface area contributed by atoms with Crippen LogP contribution in [0.25, 0.3) is 0 Å². The van der Waals surface area contributed by atoms with Gasteiger partial charge in [-0.2, -0.15) is 11.8 Å². The fraction of sp³-hybridized carbons (Fsp3) is 0.500. The third kappa shape index (κ3) is 7.50. The van der Waals surface area contributed by atoms with E-state index >= 15 is 0 Å². The number of carbonyl (C=O) groups is 2. The average Bonchev–Trinajstić information content (AvgIpc) is 2.81. The van der Waals surface area contributed by atoms with E-state index in [1.165, 1.54) is 0 Å². The van der Waals surface area contributed by atoms with Gasteiger partial charge in [0.05, 0.1) is 11.9 Å². The van der Waals surface area contributed by atoms with Crippen LogP contribution in [0.4, 0.5) is 0 Å². The summed E-state index contributed by atoms with van der Waals surface area (Å²) in [4.78, 5) is 25.2. The quantitative estimate of drug-likeness (QED) is 0.573. The van der Waals surface area contributed by atoms with E-state index in [4.69, 9.17) is 19.8 Å². The molecule has 1 aromatic heterocycles. The molecule has 0 fully saturated rings. The van der Waals surface area contributed by atoms with Gasteiger partial charge in [0.15, 0.2) is 0 Å². The first kappa shape index (κ1) is 19.5. The van der Waals surface area contributed by atoms with Crippen molar-refractivity contribution in [2.75, 3.05) is 6.26 Å². The van der Waals surface area contributed by atoms with E-state index in [1.54, 1.807) is 6.20 Å². The Morgan fingerprint density at radius 1 is 1.33 bits per heavy atom. The molecule has 1 N–H and O–H groups in total. The zero-order valence-electron chi connectivity index (χ0n) is 10.1. The standard InChI is InChI=1S/C8H14N2S.C2H2O4.Pt/c1-6(7(2)11-3)8-9-4-5-10-8;3-1(4)2(5)6;/h4-7H,1-3H3,(H,9,10);(H,3,4)(H,5,6);/q;;+2/p-2. The zero-order valence-corrected chi connectivity index (χ0v) is 13.2. The number of carboxylic acid groups (broad SMARTS) is 2. The number of aromatic nitrogens is 2. The number of nitrogens with zero attached hydrogens (tertiary/aromatic N) is 1. The van der Waals surface area contributed by atoms with Crippen LogP contribution in [0.2, 0.25) is 0 Å². The van der Waals surface area contributed by atoms with E-state index < -0.39 is 11.9 Å². The summed E-state index contributed by atoms with van der Waals surface area (Å²) in [5.74, 6) is -2.77. The van der Waals surface area contributed by atoms with Crippen molar-refractivity contribution in [3.05, 3.63) is 18.2 Å². The van der Waals surface area contributed by atoms with E-state index in [0.717, 1.165) is 5.82 Å². The third-order valence-electron chi connectivity index (χ3n) is 2.19. The minimum absolute atomic E-state index is 0. The maximum atomic E-state index is 8.93. The largest absolute Gasteiger partial charge is 2.00 e. The van der Waals surface area contributed by atoms with Gasteiger partial charge in [-0.15, -0.1) is 0 Å². The Labute approximate surface area is 124 Å². The molecule has 0 saturated carbocycles. The van der Waals surface area contributed by atoms with E-state index in [1.807, 2.05) is 18.0 Å². The van der Waals surface area contributed by atoms with Crippen molar-refractivity contribution in [2.45, 2.75) is 25.0 Å². The molecule has 1 heterocycles. The summed E-state index contributed by atoms with van der Waals surface area (Å²) in [5, 5.41) is 18.5. The summed E-state index contributed by atoms with van der Waals surface area (Å²) in [7, 11) is 0. The predicted molar refractivity (Wildman–Crippen MR) is 60.0 cm³/mol. The summed E-state index contributed by atoms with van der Waals surface area (Å²) in [6.45, 7) is 4.41. The number of imidazole rings is 1. The second-order valence-electron chi connectivity index (χ2n) is 3.28. The molecule has 1 aromatic rings. The van der Waals surface area contributed by atoms with Crippen LogP contribution in [0.3, 0.4) is 0 Å². The topological polar surface area (TPSA) is 109 Å². The fourth-order valence-corrected chi connectivity index (χ4v) is 1.49. The van der Waals surface area contributed by atoms with Crippen LogP contribution in [0.1, 0.15) is 25.6 Å². The number of carboxylic acids is 2. The summed E-state index contributed by atoms with van der Waals surface area (Å²) < 4.78 is 0. The molecule has 6 nitrogen and oxygen atoms in total. The van der Waals surface area contributed by atoms with Gasteiger partial charge in [0, 0.05) is 23.6 Å². The maximum Gasteiger partial charge on any atom is 2.00 e. The smallest absolute Gasteiger partial charge is 0.543 e. The Kier molecular flexibility index (Phi) is 11.0. The average molecular weight is 453 g/mol. The number of nitrogens with one attached hydrogen (secondary N) is 1. The number of aromatic amines is 1. The zero-order chi connectivity index (χ0) is 13.4. The van der Waals surface area contributed by atoms with Crippen LogP contribution in [0.15, 0.2) is 12.4 Å². The number of H-pyrrole nitrogens is 1. The van der Waals surface area contributed by atoms with Crippen LogP contribution in [-0.2, 0) is 30.7 Å². The molecule has 0 radical (unpaired) electrons. The minimum atomic E-state index is -2.19. The Morgan fingerprint density at radius 2 is 1.83 bits per heavy atom. The Balaban J connectivity index is 0. The second-order valence-corrected chi connectivity index (χ2v) is 4.49. The maximum absolute atomic E-state index is 8.93. The SMILES string of the molecule is CSC(C)C(C)c1ncc[nH]1.O=C([O-])C(=O)[O-].[Pt+2]. The molecule has 0 aromatic carbocycles. The van der Waals surface area contributed by atoms with Crippen molar-refractivity contribution in [2.24, 2.45) is 0 Å². The van der Waals surface area contributed by atoms with E-state index in [9.17, 15) is 0 Å². The Bertz CT molecular complexity index is 347. The van der Waals surface area contributed by atoms with E-state index in [2.05, 4.69) is 30.1 Å². The van der Waals surface area contributed by atoms with Gasteiger partial charge in [0.2, 0.25) is 0 Å². The first-order valence-electron chi connectivity index (χ1n) is 4.84. The van der Waals surface area contributed by atoms with Crippen molar-refractivity contribution >= 4 is 23.7 Å². The Morgan fingerprint density at radius 3 is 2.11 bits per heavy atom. The van der Waals surface area contributed by atoms with Crippen molar-refractivity contribution in [3.63, 3.8) is 0 Å².